The van der Waals surface area contributed by atoms with E-state index >= 15 is 0 Å². The zero-order chi connectivity index (χ0) is 13.7. The zero-order valence-electron chi connectivity index (χ0n) is 11.1. The summed E-state index contributed by atoms with van der Waals surface area (Å²) < 4.78 is 5.20. The van der Waals surface area contributed by atoms with Gasteiger partial charge in [-0.25, -0.2) is 9.79 Å². The average Bonchev–Trinajstić information content (AvgIpc) is 2.60. The van der Waals surface area contributed by atoms with Crippen molar-refractivity contribution in [2.45, 2.75) is 26.0 Å². The van der Waals surface area contributed by atoms with Crippen LogP contribution in [-0.4, -0.2) is 36.1 Å². The number of aliphatic imine (C=N–C) groups is 1. The van der Waals surface area contributed by atoms with Crippen LogP contribution >= 0.6 is 0 Å². The van der Waals surface area contributed by atoms with Gasteiger partial charge in [0.05, 0.1) is 0 Å². The molecule has 0 saturated carbocycles. The molecule has 5 heteroatoms. The predicted octanol–water partition coefficient (Wildman–Crippen LogP) is 1.84. The predicted molar refractivity (Wildman–Crippen MR) is 74.0 cm³/mol. The van der Waals surface area contributed by atoms with Gasteiger partial charge in [0.15, 0.2) is 0 Å². The molecule has 0 aromatic heterocycles. The van der Waals surface area contributed by atoms with Gasteiger partial charge in [-0.2, -0.15) is 0 Å². The highest BCUT2D eigenvalue weighted by Gasteiger charge is 2.17. The van der Waals surface area contributed by atoms with Crippen LogP contribution in [0, 0.1) is 0 Å². The van der Waals surface area contributed by atoms with Crippen LogP contribution in [-0.2, 0) is 16.1 Å². The number of hydrogen-bond acceptors (Lipinski definition) is 5. The molecule has 0 amide bonds. The smallest absolute Gasteiger partial charge is 0.378 e. The number of amidine groups is 1. The average molecular weight is 259 g/mol. The van der Waals surface area contributed by atoms with E-state index in [9.17, 15) is 4.79 Å². The van der Waals surface area contributed by atoms with Crippen LogP contribution in [0.3, 0.4) is 0 Å². The first-order valence-electron chi connectivity index (χ1n) is 6.22. The number of esters is 1. The maximum Gasteiger partial charge on any atom is 0.378 e. The van der Waals surface area contributed by atoms with Crippen molar-refractivity contribution < 1.29 is 9.53 Å². The van der Waals surface area contributed by atoms with Gasteiger partial charge in [-0.3, -0.25) is 5.01 Å². The number of hydrazone groups is 1. The van der Waals surface area contributed by atoms with Crippen LogP contribution in [0.5, 0.6) is 0 Å². The van der Waals surface area contributed by atoms with Crippen LogP contribution in [0.4, 0.5) is 0 Å². The Hall–Kier alpha value is -2.17. The normalized spacial score (nSPS) is 18.7. The van der Waals surface area contributed by atoms with Crippen molar-refractivity contribution in [1.29, 1.82) is 0 Å². The molecule has 0 saturated heterocycles. The Kier molecular flexibility index (Phi) is 4.28. The molecule has 1 aliphatic rings. The molecule has 1 heterocycles. The molecule has 2 rings (SSSR count). The van der Waals surface area contributed by atoms with Gasteiger partial charge in [-0.1, -0.05) is 30.3 Å². The molecule has 1 aliphatic heterocycles. The Morgan fingerprint density at radius 2 is 2.16 bits per heavy atom. The highest BCUT2D eigenvalue weighted by molar-refractivity contribution is 6.36. The third-order valence-corrected chi connectivity index (χ3v) is 2.95. The first kappa shape index (κ1) is 13.3. The Morgan fingerprint density at radius 3 is 2.89 bits per heavy atom. The first-order valence-corrected chi connectivity index (χ1v) is 6.22. The summed E-state index contributed by atoms with van der Waals surface area (Å²) in [4.78, 5) is 15.9. The van der Waals surface area contributed by atoms with Gasteiger partial charge in [-0.15, -0.1) is 5.10 Å². The van der Waals surface area contributed by atoms with Crippen LogP contribution in [0.15, 0.2) is 40.4 Å². The summed E-state index contributed by atoms with van der Waals surface area (Å²) in [7, 11) is 1.82. The molecule has 0 spiro atoms. The standard InChI is InChI=1S/C14H17N3O2/c1-11-8-9-15-13(16-17(11)2)14(18)19-10-12-6-4-3-5-7-12/h3-7,9,11H,8,10H2,1-2H3. The van der Waals surface area contributed by atoms with E-state index in [1.807, 2.05) is 44.3 Å². The minimum Gasteiger partial charge on any atom is -0.455 e. The lowest BCUT2D eigenvalue weighted by Gasteiger charge is -2.18. The molecular formula is C14H17N3O2. The fourth-order valence-corrected chi connectivity index (χ4v) is 1.60. The third kappa shape index (κ3) is 3.64. The lowest BCUT2D eigenvalue weighted by Crippen LogP contribution is -2.25. The minimum absolute atomic E-state index is 0.0998. The van der Waals surface area contributed by atoms with Crippen molar-refractivity contribution in [1.82, 2.24) is 5.01 Å². The third-order valence-electron chi connectivity index (χ3n) is 2.95. The van der Waals surface area contributed by atoms with Gasteiger partial charge in [0, 0.05) is 25.7 Å². The van der Waals surface area contributed by atoms with E-state index in [0.717, 1.165) is 12.0 Å². The lowest BCUT2D eigenvalue weighted by atomic mass is 10.2. The highest BCUT2D eigenvalue weighted by Crippen LogP contribution is 2.07. The van der Waals surface area contributed by atoms with Crippen molar-refractivity contribution in [2.24, 2.45) is 10.1 Å². The van der Waals surface area contributed by atoms with E-state index in [1.165, 1.54) is 0 Å². The lowest BCUT2D eigenvalue weighted by molar-refractivity contribution is -0.136. The molecule has 0 radical (unpaired) electrons. The summed E-state index contributed by atoms with van der Waals surface area (Å²) >= 11 is 0. The number of rotatable bonds is 3. The number of carbonyl (C=O) groups excluding carboxylic acids is 1. The van der Waals surface area contributed by atoms with Gasteiger partial charge in [-0.05, 0) is 12.5 Å². The highest BCUT2D eigenvalue weighted by atomic mass is 16.5. The molecule has 5 nitrogen and oxygen atoms in total. The van der Waals surface area contributed by atoms with Crippen LogP contribution < -0.4 is 0 Å². The van der Waals surface area contributed by atoms with Gasteiger partial charge in [0.2, 0.25) is 0 Å². The Morgan fingerprint density at radius 1 is 1.42 bits per heavy atom. The number of benzene rings is 1. The van der Waals surface area contributed by atoms with Crippen molar-refractivity contribution in [3.63, 3.8) is 0 Å². The molecule has 0 bridgehead atoms. The largest absolute Gasteiger partial charge is 0.455 e. The molecule has 1 atom stereocenters. The van der Waals surface area contributed by atoms with Crippen molar-refractivity contribution in [3.8, 4) is 0 Å². The molecule has 0 N–H and O–H groups in total. The quantitative estimate of drug-likeness (QED) is 0.778. The van der Waals surface area contributed by atoms with E-state index in [-0.39, 0.29) is 18.5 Å². The summed E-state index contributed by atoms with van der Waals surface area (Å²) in [5, 5.41) is 5.88. The van der Waals surface area contributed by atoms with Gasteiger partial charge in [0.1, 0.15) is 6.61 Å². The number of ether oxygens (including phenoxy) is 1. The molecule has 0 fully saturated rings. The van der Waals surface area contributed by atoms with Crippen molar-refractivity contribution >= 4 is 18.0 Å². The van der Waals surface area contributed by atoms with Gasteiger partial charge >= 0.3 is 5.97 Å². The maximum absolute atomic E-state index is 11.9. The fourth-order valence-electron chi connectivity index (χ4n) is 1.60. The van der Waals surface area contributed by atoms with Crippen LogP contribution in [0.25, 0.3) is 0 Å². The molecular weight excluding hydrogens is 242 g/mol. The van der Waals surface area contributed by atoms with Crippen LogP contribution in [0.1, 0.15) is 18.9 Å². The minimum atomic E-state index is -0.499. The van der Waals surface area contributed by atoms with Gasteiger partial charge in [0.25, 0.3) is 5.84 Å². The Balaban J connectivity index is 1.98. The second-order valence-corrected chi connectivity index (χ2v) is 4.46. The molecule has 100 valence electrons. The zero-order valence-corrected chi connectivity index (χ0v) is 11.1. The number of carbonyl (C=O) groups is 1. The molecule has 1 unspecified atom stereocenters. The second-order valence-electron chi connectivity index (χ2n) is 4.46. The number of hydrogen-bond donors (Lipinski definition) is 0. The number of nitrogens with zero attached hydrogens (tertiary/aromatic N) is 3. The van der Waals surface area contributed by atoms with E-state index in [0.29, 0.717) is 0 Å². The van der Waals surface area contributed by atoms with Crippen molar-refractivity contribution in [3.05, 3.63) is 35.9 Å². The van der Waals surface area contributed by atoms with Crippen molar-refractivity contribution in [2.75, 3.05) is 7.05 Å². The van der Waals surface area contributed by atoms with Crippen LogP contribution in [0.2, 0.25) is 0 Å². The van der Waals surface area contributed by atoms with E-state index in [4.69, 9.17) is 4.74 Å². The molecule has 19 heavy (non-hydrogen) atoms. The van der Waals surface area contributed by atoms with E-state index in [2.05, 4.69) is 10.1 Å². The second kappa shape index (κ2) is 6.13. The monoisotopic (exact) mass is 259 g/mol. The SMILES string of the molecule is CC1CC=NC(C(=O)OCc2ccccc2)=NN1C. The molecule has 1 aromatic carbocycles. The summed E-state index contributed by atoms with van der Waals surface area (Å²) in [5.74, 6) is -0.399. The fraction of sp³-hybridized carbons (Fsp3) is 0.357. The van der Waals surface area contributed by atoms with E-state index < -0.39 is 5.97 Å². The summed E-state index contributed by atoms with van der Waals surface area (Å²) in [6, 6.07) is 9.75. The van der Waals surface area contributed by atoms with Gasteiger partial charge < -0.3 is 4.74 Å². The molecule has 0 aliphatic carbocycles. The summed E-state index contributed by atoms with van der Waals surface area (Å²) in [6.07, 6.45) is 2.46. The Labute approximate surface area is 112 Å². The topological polar surface area (TPSA) is 54.3 Å². The molecule has 1 aromatic rings. The Bertz CT molecular complexity index is 497. The maximum atomic E-state index is 11.9. The first-order chi connectivity index (χ1) is 9.16. The van der Waals surface area contributed by atoms with E-state index in [1.54, 1.807) is 11.2 Å². The summed E-state index contributed by atoms with van der Waals surface area (Å²) in [6.45, 7) is 2.25. The summed E-state index contributed by atoms with van der Waals surface area (Å²) in [5.41, 5.74) is 0.941.